The molecule has 23 heavy (non-hydrogen) atoms. The number of carbonyl (C=O) groups is 2. The van der Waals surface area contributed by atoms with Crippen LogP contribution in [0.25, 0.3) is 10.8 Å². The largest absolute Gasteiger partial charge is 0.496 e. The van der Waals surface area contributed by atoms with Gasteiger partial charge in [-0.15, -0.1) is 0 Å². The predicted molar refractivity (Wildman–Crippen MR) is 87.3 cm³/mol. The molecule has 1 fully saturated rings. The molecule has 1 saturated heterocycles. The number of urea groups is 1. The molecule has 1 aliphatic heterocycles. The maximum atomic E-state index is 12.2. The maximum Gasteiger partial charge on any atom is 0.318 e. The van der Waals surface area contributed by atoms with Gasteiger partial charge in [-0.1, -0.05) is 30.3 Å². The lowest BCUT2D eigenvalue weighted by Gasteiger charge is -2.26. The van der Waals surface area contributed by atoms with Crippen LogP contribution in [0.5, 0.6) is 5.75 Å². The Morgan fingerprint density at radius 2 is 2.04 bits per heavy atom. The molecule has 1 aliphatic rings. The predicted octanol–water partition coefficient (Wildman–Crippen LogP) is 1.49. The van der Waals surface area contributed by atoms with Crippen LogP contribution in [0.1, 0.15) is 5.56 Å². The van der Waals surface area contributed by atoms with Gasteiger partial charge in [-0.05, 0) is 17.0 Å². The van der Waals surface area contributed by atoms with E-state index in [1.807, 2.05) is 36.4 Å². The number of nitrogens with one attached hydrogen (secondary N) is 2. The van der Waals surface area contributed by atoms with Crippen LogP contribution in [-0.2, 0) is 11.3 Å². The van der Waals surface area contributed by atoms with Crippen LogP contribution in [0.15, 0.2) is 36.4 Å². The lowest BCUT2D eigenvalue weighted by molar-refractivity contribution is -0.123. The minimum atomic E-state index is -0.222. The van der Waals surface area contributed by atoms with Crippen molar-refractivity contribution in [1.29, 1.82) is 0 Å². The summed E-state index contributed by atoms with van der Waals surface area (Å²) in [7, 11) is 1.64. The van der Waals surface area contributed by atoms with Gasteiger partial charge in [0.15, 0.2) is 0 Å². The number of hydrogen-bond donors (Lipinski definition) is 2. The fourth-order valence-electron chi connectivity index (χ4n) is 2.76. The van der Waals surface area contributed by atoms with Gasteiger partial charge >= 0.3 is 6.03 Å². The highest BCUT2D eigenvalue weighted by Gasteiger charge is 2.20. The van der Waals surface area contributed by atoms with E-state index in [9.17, 15) is 9.59 Å². The molecule has 0 unspecified atom stereocenters. The molecule has 2 aromatic carbocycles. The molecule has 0 radical (unpaired) electrons. The highest BCUT2D eigenvalue weighted by molar-refractivity contribution is 5.91. The standard InChI is InChI=1S/C17H19N3O3/c1-23-15-7-6-12(13-4-2-3-5-14(13)15)10-19-17(22)20-9-8-18-16(21)11-20/h2-7H,8-11H2,1H3,(H,18,21)(H,19,22). The quantitative estimate of drug-likeness (QED) is 0.902. The van der Waals surface area contributed by atoms with Crippen molar-refractivity contribution < 1.29 is 14.3 Å². The van der Waals surface area contributed by atoms with Crippen LogP contribution < -0.4 is 15.4 Å². The van der Waals surface area contributed by atoms with Crippen LogP contribution in [0, 0.1) is 0 Å². The lowest BCUT2D eigenvalue weighted by Crippen LogP contribution is -2.52. The number of piperazine rings is 1. The van der Waals surface area contributed by atoms with Crippen LogP contribution in [0.3, 0.4) is 0 Å². The van der Waals surface area contributed by atoms with Crippen molar-refractivity contribution in [1.82, 2.24) is 15.5 Å². The van der Waals surface area contributed by atoms with Crippen LogP contribution in [-0.4, -0.2) is 43.6 Å². The summed E-state index contributed by atoms with van der Waals surface area (Å²) in [5.41, 5.74) is 1.01. The van der Waals surface area contributed by atoms with E-state index in [1.165, 1.54) is 4.90 Å². The van der Waals surface area contributed by atoms with Crippen molar-refractivity contribution >= 4 is 22.7 Å². The minimum Gasteiger partial charge on any atom is -0.496 e. The third kappa shape index (κ3) is 3.21. The van der Waals surface area contributed by atoms with E-state index in [4.69, 9.17) is 4.74 Å². The average molecular weight is 313 g/mol. The van der Waals surface area contributed by atoms with E-state index < -0.39 is 0 Å². The van der Waals surface area contributed by atoms with Crippen molar-refractivity contribution in [2.75, 3.05) is 26.7 Å². The van der Waals surface area contributed by atoms with Crippen LogP contribution in [0.4, 0.5) is 4.79 Å². The average Bonchev–Trinajstić information content (AvgIpc) is 2.59. The molecule has 0 aromatic heterocycles. The molecule has 3 amide bonds. The van der Waals surface area contributed by atoms with Gasteiger partial charge in [0.1, 0.15) is 12.3 Å². The fraction of sp³-hybridized carbons (Fsp3) is 0.294. The Labute approximate surface area is 134 Å². The van der Waals surface area contributed by atoms with Gasteiger partial charge in [-0.25, -0.2) is 4.79 Å². The summed E-state index contributed by atoms with van der Waals surface area (Å²) in [6, 6.07) is 11.5. The Kier molecular flexibility index (Phi) is 4.32. The third-order valence-corrected chi connectivity index (χ3v) is 3.95. The molecule has 2 N–H and O–H groups in total. The number of ether oxygens (including phenoxy) is 1. The molecule has 1 heterocycles. The number of hydrogen-bond acceptors (Lipinski definition) is 3. The van der Waals surface area contributed by atoms with E-state index in [-0.39, 0.29) is 18.5 Å². The second kappa shape index (κ2) is 6.56. The van der Waals surface area contributed by atoms with E-state index in [0.717, 1.165) is 22.1 Å². The highest BCUT2D eigenvalue weighted by atomic mass is 16.5. The van der Waals surface area contributed by atoms with Crippen molar-refractivity contribution in [3.8, 4) is 5.75 Å². The Morgan fingerprint density at radius 1 is 1.26 bits per heavy atom. The first kappa shape index (κ1) is 15.1. The second-order valence-corrected chi connectivity index (χ2v) is 5.40. The molecule has 2 aromatic rings. The van der Waals surface area contributed by atoms with Gasteiger partial charge in [0, 0.05) is 25.0 Å². The van der Waals surface area contributed by atoms with Crippen molar-refractivity contribution in [3.05, 3.63) is 42.0 Å². The first-order valence-corrected chi connectivity index (χ1v) is 7.53. The summed E-state index contributed by atoms with van der Waals surface area (Å²) in [4.78, 5) is 25.1. The van der Waals surface area contributed by atoms with E-state index in [0.29, 0.717) is 19.6 Å². The molecule has 120 valence electrons. The van der Waals surface area contributed by atoms with Gasteiger partial charge in [0.25, 0.3) is 0 Å². The third-order valence-electron chi connectivity index (χ3n) is 3.95. The number of methoxy groups -OCH3 is 1. The summed E-state index contributed by atoms with van der Waals surface area (Å²) in [5, 5.41) is 7.65. The van der Waals surface area contributed by atoms with Gasteiger partial charge in [0.05, 0.1) is 7.11 Å². The fourth-order valence-corrected chi connectivity index (χ4v) is 2.76. The molecule has 0 saturated carbocycles. The van der Waals surface area contributed by atoms with Crippen molar-refractivity contribution in [3.63, 3.8) is 0 Å². The normalized spacial score (nSPS) is 14.5. The van der Waals surface area contributed by atoms with Gasteiger partial charge in [-0.3, -0.25) is 4.79 Å². The lowest BCUT2D eigenvalue weighted by atomic mass is 10.0. The van der Waals surface area contributed by atoms with Gasteiger partial charge in [-0.2, -0.15) is 0 Å². The molecule has 0 spiro atoms. The highest BCUT2D eigenvalue weighted by Crippen LogP contribution is 2.28. The number of rotatable bonds is 3. The number of benzene rings is 2. The van der Waals surface area contributed by atoms with Crippen LogP contribution >= 0.6 is 0 Å². The monoisotopic (exact) mass is 313 g/mol. The Balaban J connectivity index is 1.74. The molecule has 6 heteroatoms. The molecule has 3 rings (SSSR count). The summed E-state index contributed by atoms with van der Waals surface area (Å²) in [6.07, 6.45) is 0. The van der Waals surface area contributed by atoms with E-state index >= 15 is 0 Å². The zero-order valence-corrected chi connectivity index (χ0v) is 13.0. The minimum absolute atomic E-state index is 0.106. The smallest absolute Gasteiger partial charge is 0.318 e. The van der Waals surface area contributed by atoms with Crippen molar-refractivity contribution in [2.24, 2.45) is 0 Å². The first-order valence-electron chi connectivity index (χ1n) is 7.53. The summed E-state index contributed by atoms with van der Waals surface area (Å²) < 4.78 is 5.38. The zero-order chi connectivity index (χ0) is 16.2. The first-order chi connectivity index (χ1) is 11.2. The van der Waals surface area contributed by atoms with E-state index in [2.05, 4.69) is 10.6 Å². The maximum absolute atomic E-state index is 12.2. The topological polar surface area (TPSA) is 70.7 Å². The van der Waals surface area contributed by atoms with E-state index in [1.54, 1.807) is 7.11 Å². The SMILES string of the molecule is COc1ccc(CNC(=O)N2CCNC(=O)C2)c2ccccc12. The summed E-state index contributed by atoms with van der Waals surface area (Å²) in [6.45, 7) is 1.54. The Hall–Kier alpha value is -2.76. The van der Waals surface area contributed by atoms with Gasteiger partial charge < -0.3 is 20.3 Å². The number of fused-ring (bicyclic) bond motifs is 1. The molecular formula is C17H19N3O3. The molecule has 0 bridgehead atoms. The van der Waals surface area contributed by atoms with Crippen LogP contribution in [0.2, 0.25) is 0 Å². The molecule has 0 aliphatic carbocycles. The summed E-state index contributed by atoms with van der Waals surface area (Å²) >= 11 is 0. The number of nitrogens with zero attached hydrogens (tertiary/aromatic N) is 1. The zero-order valence-electron chi connectivity index (χ0n) is 13.0. The second-order valence-electron chi connectivity index (χ2n) is 5.40. The molecule has 0 atom stereocenters. The summed E-state index contributed by atoms with van der Waals surface area (Å²) in [5.74, 6) is 0.685. The Morgan fingerprint density at radius 3 is 2.78 bits per heavy atom. The van der Waals surface area contributed by atoms with Gasteiger partial charge in [0.2, 0.25) is 5.91 Å². The molecular weight excluding hydrogens is 294 g/mol. The Bertz CT molecular complexity index is 745. The number of carbonyl (C=O) groups excluding carboxylic acids is 2. The number of amides is 3. The van der Waals surface area contributed by atoms with Crippen molar-refractivity contribution in [2.45, 2.75) is 6.54 Å². The molecule has 6 nitrogen and oxygen atoms in total.